The molecule has 0 spiro atoms. The summed E-state index contributed by atoms with van der Waals surface area (Å²) in [7, 11) is 1.97. The van der Waals surface area contributed by atoms with Gasteiger partial charge in [-0.1, -0.05) is 6.58 Å². The Morgan fingerprint density at radius 1 is 1.54 bits per heavy atom. The molecule has 1 atom stereocenters. The number of hydrogen-bond donors (Lipinski definition) is 1. The van der Waals surface area contributed by atoms with Gasteiger partial charge in [0.25, 0.3) is 0 Å². The van der Waals surface area contributed by atoms with Gasteiger partial charge in [0, 0.05) is 0 Å². The van der Waals surface area contributed by atoms with Gasteiger partial charge in [0.2, 0.25) is 0 Å². The summed E-state index contributed by atoms with van der Waals surface area (Å²) in [6.45, 7) is 3.97. The van der Waals surface area contributed by atoms with E-state index in [1.807, 2.05) is 21.1 Å². The monoisotopic (exact) mass is 210 g/mol. The zero-order valence-electron chi connectivity index (χ0n) is 8.27. The van der Waals surface area contributed by atoms with Gasteiger partial charge in [-0.15, -0.1) is 0 Å². The highest BCUT2D eigenvalue weighted by molar-refractivity contribution is 7.47. The molecule has 13 heavy (non-hydrogen) atoms. The predicted molar refractivity (Wildman–Crippen MR) is 50.0 cm³/mol. The summed E-state index contributed by atoms with van der Waals surface area (Å²) in [5.41, 5.74) is 0. The molecule has 5 nitrogen and oxygen atoms in total. The molecule has 1 N–H and O–H groups in total. The second kappa shape index (κ2) is 4.77. The normalized spacial score (nSPS) is 16.3. The quantitative estimate of drug-likeness (QED) is 0.403. The van der Waals surface area contributed by atoms with E-state index in [0.717, 1.165) is 6.26 Å². The van der Waals surface area contributed by atoms with Crippen LogP contribution in [0.5, 0.6) is 0 Å². The van der Waals surface area contributed by atoms with Crippen molar-refractivity contribution in [2.45, 2.75) is 0 Å². The third kappa shape index (κ3) is 7.99. The molecule has 0 radical (unpaired) electrons. The van der Waals surface area contributed by atoms with Crippen molar-refractivity contribution in [1.82, 2.24) is 0 Å². The van der Waals surface area contributed by atoms with E-state index >= 15 is 0 Å². The molecule has 0 aromatic rings. The average molecular weight is 210 g/mol. The molecule has 0 heterocycles. The van der Waals surface area contributed by atoms with E-state index in [-0.39, 0.29) is 6.61 Å². The zero-order valence-corrected chi connectivity index (χ0v) is 9.16. The molecule has 0 saturated carbocycles. The van der Waals surface area contributed by atoms with E-state index in [4.69, 9.17) is 4.89 Å². The Labute approximate surface area is 78.8 Å². The summed E-state index contributed by atoms with van der Waals surface area (Å²) in [5, 5.41) is 0. The molecule has 6 heteroatoms. The first-order valence-electron chi connectivity index (χ1n) is 3.84. The Morgan fingerprint density at radius 2 is 2.08 bits per heavy atom. The average Bonchev–Trinajstić information content (AvgIpc) is 1.82. The van der Waals surface area contributed by atoms with Crippen LogP contribution in [0.2, 0.25) is 0 Å². The van der Waals surface area contributed by atoms with Gasteiger partial charge in [-0.25, -0.2) is 4.57 Å². The first-order valence-corrected chi connectivity index (χ1v) is 5.33. The number of hydrogen-bond acceptors (Lipinski definition) is 3. The van der Waals surface area contributed by atoms with Crippen LogP contribution in [0.15, 0.2) is 12.8 Å². The smallest absolute Gasteiger partial charge is 0.413 e. The summed E-state index contributed by atoms with van der Waals surface area (Å²) < 4.78 is 20.5. The van der Waals surface area contributed by atoms with Crippen molar-refractivity contribution in [3.8, 4) is 0 Å². The molecule has 0 aliphatic carbocycles. The number of rotatable bonds is 6. The van der Waals surface area contributed by atoms with Gasteiger partial charge in [-0.2, -0.15) is 0 Å². The Balaban J connectivity index is 3.76. The maximum atomic E-state index is 10.9. The zero-order chi connectivity index (χ0) is 10.5. The summed E-state index contributed by atoms with van der Waals surface area (Å²) in [4.78, 5) is 8.94. The maximum Gasteiger partial charge on any atom is 0.527 e. The van der Waals surface area contributed by atoms with Crippen molar-refractivity contribution in [2.24, 2.45) is 0 Å². The molecule has 0 aliphatic heterocycles. The fraction of sp³-hybridized carbons (Fsp3) is 0.714. The summed E-state index contributed by atoms with van der Waals surface area (Å²) >= 11 is 0. The third-order valence-electron chi connectivity index (χ3n) is 1.22. The van der Waals surface area contributed by atoms with Gasteiger partial charge in [-0.05, 0) is 0 Å². The number of quaternary nitrogens is 1. The van der Waals surface area contributed by atoms with Crippen LogP contribution < -0.4 is 0 Å². The minimum absolute atomic E-state index is 0.172. The van der Waals surface area contributed by atoms with E-state index < -0.39 is 7.82 Å². The first kappa shape index (κ1) is 12.7. The minimum atomic E-state index is -3.91. The molecule has 0 aliphatic rings. The molecule has 0 saturated heterocycles. The van der Waals surface area contributed by atoms with Gasteiger partial charge in [0.1, 0.15) is 13.2 Å². The van der Waals surface area contributed by atoms with Crippen molar-refractivity contribution in [2.75, 3.05) is 34.3 Å². The molecule has 78 valence electrons. The maximum absolute atomic E-state index is 10.9. The number of phosphoric acid groups is 1. The fourth-order valence-electron chi connectivity index (χ4n) is 0.555. The molecular weight excluding hydrogens is 193 g/mol. The lowest BCUT2D eigenvalue weighted by Crippen LogP contribution is -2.37. The van der Waals surface area contributed by atoms with Crippen molar-refractivity contribution in [1.29, 1.82) is 0 Å². The second-order valence-electron chi connectivity index (χ2n) is 3.59. The SMILES string of the molecule is C=COP(=O)(O)OCC[N+](C)(C)C. The molecule has 1 unspecified atom stereocenters. The summed E-state index contributed by atoms with van der Waals surface area (Å²) in [5.74, 6) is 0. The summed E-state index contributed by atoms with van der Waals surface area (Å²) in [6, 6.07) is 0. The van der Waals surface area contributed by atoms with E-state index in [2.05, 4.69) is 15.6 Å². The van der Waals surface area contributed by atoms with E-state index in [0.29, 0.717) is 11.0 Å². The Hall–Kier alpha value is -0.350. The van der Waals surface area contributed by atoms with Gasteiger partial charge in [-0.3, -0.25) is 9.42 Å². The molecule has 0 aromatic carbocycles. The van der Waals surface area contributed by atoms with Crippen molar-refractivity contribution in [3.05, 3.63) is 12.8 Å². The summed E-state index contributed by atoms with van der Waals surface area (Å²) in [6.07, 6.45) is 0.896. The molecule has 0 bridgehead atoms. The number of nitrogens with zero attached hydrogens (tertiary/aromatic N) is 1. The van der Waals surface area contributed by atoms with Crippen LogP contribution in [0.1, 0.15) is 0 Å². The Morgan fingerprint density at radius 3 is 2.46 bits per heavy atom. The minimum Gasteiger partial charge on any atom is -0.413 e. The third-order valence-corrected chi connectivity index (χ3v) is 2.15. The van der Waals surface area contributed by atoms with Crippen LogP contribution in [0.25, 0.3) is 0 Å². The van der Waals surface area contributed by atoms with E-state index in [9.17, 15) is 4.57 Å². The van der Waals surface area contributed by atoms with Crippen molar-refractivity contribution < 1.29 is 23.0 Å². The molecule has 0 rings (SSSR count). The number of phosphoric ester groups is 1. The van der Waals surface area contributed by atoms with Crippen LogP contribution >= 0.6 is 7.82 Å². The van der Waals surface area contributed by atoms with Gasteiger partial charge >= 0.3 is 7.82 Å². The van der Waals surface area contributed by atoms with Gasteiger partial charge in [0.15, 0.2) is 0 Å². The van der Waals surface area contributed by atoms with Crippen LogP contribution in [0, 0.1) is 0 Å². The van der Waals surface area contributed by atoms with Gasteiger partial charge in [0.05, 0.1) is 27.4 Å². The fourth-order valence-corrected chi connectivity index (χ4v) is 1.12. The molecular formula is C7H17NO4P+. The lowest BCUT2D eigenvalue weighted by atomic mass is 10.5. The highest BCUT2D eigenvalue weighted by atomic mass is 31.2. The first-order chi connectivity index (χ1) is 5.77. The predicted octanol–water partition coefficient (Wildman–Crippen LogP) is 0.970. The van der Waals surface area contributed by atoms with E-state index in [1.54, 1.807) is 0 Å². The van der Waals surface area contributed by atoms with E-state index in [1.165, 1.54) is 0 Å². The highest BCUT2D eigenvalue weighted by Crippen LogP contribution is 2.43. The lowest BCUT2D eigenvalue weighted by Gasteiger charge is -2.23. The molecule has 0 aromatic heterocycles. The highest BCUT2D eigenvalue weighted by Gasteiger charge is 2.21. The largest absolute Gasteiger partial charge is 0.527 e. The standard InChI is InChI=1S/C7H16NO4P/c1-5-11-13(9,10)12-7-6-8(2,3)4/h5H,1,6-7H2,2-4H3/p+1. The van der Waals surface area contributed by atoms with Crippen molar-refractivity contribution >= 4 is 7.82 Å². The van der Waals surface area contributed by atoms with Gasteiger partial charge < -0.3 is 9.01 Å². The molecule has 0 fully saturated rings. The van der Waals surface area contributed by atoms with Crippen LogP contribution in [-0.4, -0.2) is 43.7 Å². The molecule has 0 amide bonds. The lowest BCUT2D eigenvalue weighted by molar-refractivity contribution is -0.870. The Bertz CT molecular complexity index is 211. The van der Waals surface area contributed by atoms with Crippen LogP contribution in [0.4, 0.5) is 0 Å². The van der Waals surface area contributed by atoms with Crippen LogP contribution in [-0.2, 0) is 13.6 Å². The number of likely N-dealkylation sites (N-methyl/N-ethyl adjacent to an activating group) is 1. The topological polar surface area (TPSA) is 55.8 Å². The van der Waals surface area contributed by atoms with Crippen molar-refractivity contribution in [3.63, 3.8) is 0 Å². The second-order valence-corrected chi connectivity index (χ2v) is 4.99. The van der Waals surface area contributed by atoms with Crippen LogP contribution in [0.3, 0.4) is 0 Å². The Kier molecular flexibility index (Phi) is 4.64.